The highest BCUT2D eigenvalue weighted by molar-refractivity contribution is 7.80. The molecular formula is C26H22N4O3S. The van der Waals surface area contributed by atoms with Crippen LogP contribution in [-0.4, -0.2) is 32.8 Å². The molecule has 2 atom stereocenters. The molecule has 170 valence electrons. The highest BCUT2D eigenvalue weighted by Crippen LogP contribution is 2.44. The first-order chi connectivity index (χ1) is 16.6. The number of aromatic hydroxyl groups is 1. The van der Waals surface area contributed by atoms with Crippen LogP contribution in [0.2, 0.25) is 0 Å². The molecule has 0 radical (unpaired) electrons. The molecule has 1 saturated heterocycles. The van der Waals surface area contributed by atoms with Crippen molar-refractivity contribution >= 4 is 29.0 Å². The average Bonchev–Trinajstić information content (AvgIpc) is 3.49. The second kappa shape index (κ2) is 8.99. The number of carbonyl (C=O) groups is 1. The molecule has 1 fully saturated rings. The van der Waals surface area contributed by atoms with Gasteiger partial charge in [-0.2, -0.15) is 0 Å². The van der Waals surface area contributed by atoms with Crippen molar-refractivity contribution in [3.05, 3.63) is 108 Å². The Morgan fingerprint density at radius 2 is 1.88 bits per heavy atom. The molecule has 0 saturated carbocycles. The van der Waals surface area contributed by atoms with Crippen molar-refractivity contribution in [1.29, 1.82) is 0 Å². The molecule has 5 rings (SSSR count). The molecule has 34 heavy (non-hydrogen) atoms. The van der Waals surface area contributed by atoms with Gasteiger partial charge in [-0.3, -0.25) is 4.98 Å². The van der Waals surface area contributed by atoms with E-state index in [9.17, 15) is 9.90 Å². The molecule has 7 nitrogen and oxygen atoms in total. The Labute approximate surface area is 202 Å². The van der Waals surface area contributed by atoms with Crippen LogP contribution in [-0.2, 0) is 4.74 Å². The normalized spacial score (nSPS) is 17.4. The molecule has 0 unspecified atom stereocenters. The molecular weight excluding hydrogens is 448 g/mol. The minimum atomic E-state index is -0.401. The number of anilines is 1. The van der Waals surface area contributed by atoms with Crippen LogP contribution < -0.4 is 10.2 Å². The Bertz CT molecular complexity index is 1350. The molecule has 8 heteroatoms. The van der Waals surface area contributed by atoms with E-state index >= 15 is 0 Å². The molecule has 0 bridgehead atoms. The third kappa shape index (κ3) is 3.78. The maximum absolute atomic E-state index is 12.1. The van der Waals surface area contributed by atoms with Gasteiger partial charge in [0.1, 0.15) is 11.8 Å². The number of rotatable bonds is 5. The molecule has 1 aliphatic heterocycles. The smallest absolute Gasteiger partial charge is 0.337 e. The zero-order chi connectivity index (χ0) is 23.7. The van der Waals surface area contributed by atoms with Crippen LogP contribution in [0.4, 0.5) is 5.69 Å². The average molecular weight is 471 g/mol. The van der Waals surface area contributed by atoms with E-state index < -0.39 is 5.97 Å². The molecule has 2 aromatic carbocycles. The number of aromatic nitrogens is 2. The summed E-state index contributed by atoms with van der Waals surface area (Å²) >= 11 is 5.75. The molecule has 2 aromatic heterocycles. The van der Waals surface area contributed by atoms with Gasteiger partial charge >= 0.3 is 5.97 Å². The van der Waals surface area contributed by atoms with Crippen molar-refractivity contribution in [2.45, 2.75) is 12.1 Å². The number of phenolic OH excluding ortho intramolecular Hbond substituents is 1. The van der Waals surface area contributed by atoms with Crippen molar-refractivity contribution in [2.24, 2.45) is 0 Å². The van der Waals surface area contributed by atoms with Crippen LogP contribution in [0.15, 0.2) is 91.3 Å². The first kappa shape index (κ1) is 21.7. The minimum Gasteiger partial charge on any atom is -0.506 e. The van der Waals surface area contributed by atoms with Crippen molar-refractivity contribution < 1.29 is 14.6 Å². The van der Waals surface area contributed by atoms with Crippen LogP contribution in [0.25, 0.3) is 5.69 Å². The number of benzene rings is 2. The van der Waals surface area contributed by atoms with Gasteiger partial charge in [-0.15, -0.1) is 0 Å². The SMILES string of the molecule is COC(=O)c1cccc(-n2cccc2[C@H]2[C@H](c3ccccn3)NC(=S)N2c2ccccc2O)c1. The van der Waals surface area contributed by atoms with E-state index in [2.05, 4.69) is 10.3 Å². The van der Waals surface area contributed by atoms with Gasteiger partial charge in [0.2, 0.25) is 0 Å². The molecule has 4 aromatic rings. The standard InChI is InChI=1S/C26H22N4O3S/c1-33-25(32)17-8-6-9-18(16-17)29-15-7-12-21(29)24-23(19-10-4-5-14-27-19)28-26(34)30(24)20-11-2-3-13-22(20)31/h2-16,23-24,31H,1H3,(H,28,34)/t23-,24-/m0/s1. The van der Waals surface area contributed by atoms with Crippen molar-refractivity contribution in [3.63, 3.8) is 0 Å². The van der Waals surface area contributed by atoms with Crippen LogP contribution in [0.5, 0.6) is 5.75 Å². The topological polar surface area (TPSA) is 79.6 Å². The molecule has 0 aliphatic carbocycles. The van der Waals surface area contributed by atoms with Crippen molar-refractivity contribution in [3.8, 4) is 11.4 Å². The summed E-state index contributed by atoms with van der Waals surface area (Å²) in [4.78, 5) is 18.6. The third-order valence-corrected chi connectivity index (χ3v) is 6.18. The first-order valence-electron chi connectivity index (χ1n) is 10.7. The maximum atomic E-state index is 12.1. The molecule has 3 heterocycles. The van der Waals surface area contributed by atoms with E-state index in [1.807, 2.05) is 70.3 Å². The van der Waals surface area contributed by atoms with E-state index in [0.29, 0.717) is 16.4 Å². The van der Waals surface area contributed by atoms with E-state index in [1.54, 1.807) is 30.5 Å². The summed E-state index contributed by atoms with van der Waals surface area (Å²) in [5, 5.41) is 14.6. The van der Waals surface area contributed by atoms with Crippen molar-refractivity contribution in [2.75, 3.05) is 12.0 Å². The van der Waals surface area contributed by atoms with E-state index in [1.165, 1.54) is 7.11 Å². The summed E-state index contributed by atoms with van der Waals surface area (Å²) in [6, 6.07) is 23.5. The summed E-state index contributed by atoms with van der Waals surface area (Å²) in [5.41, 5.74) is 3.59. The number of para-hydroxylation sites is 2. The lowest BCUT2D eigenvalue weighted by atomic mass is 10.0. The summed E-state index contributed by atoms with van der Waals surface area (Å²) < 4.78 is 6.91. The lowest BCUT2D eigenvalue weighted by molar-refractivity contribution is 0.0600. The van der Waals surface area contributed by atoms with Gasteiger partial charge < -0.3 is 24.6 Å². The van der Waals surface area contributed by atoms with E-state index in [0.717, 1.165) is 17.1 Å². The van der Waals surface area contributed by atoms with Crippen LogP contribution in [0.1, 0.15) is 33.8 Å². The fourth-order valence-corrected chi connectivity index (χ4v) is 4.69. The number of hydrogen-bond donors (Lipinski definition) is 2. The lowest BCUT2D eigenvalue weighted by Gasteiger charge is -2.29. The predicted octanol–water partition coefficient (Wildman–Crippen LogP) is 4.54. The Morgan fingerprint density at radius 3 is 2.65 bits per heavy atom. The fraction of sp³-hybridized carbons (Fsp3) is 0.115. The number of pyridine rings is 1. The first-order valence-corrected chi connectivity index (χ1v) is 11.1. The van der Waals surface area contributed by atoms with E-state index in [4.69, 9.17) is 17.0 Å². The maximum Gasteiger partial charge on any atom is 0.337 e. The molecule has 2 N–H and O–H groups in total. The Hall–Kier alpha value is -4.17. The van der Waals surface area contributed by atoms with Gasteiger partial charge in [-0.25, -0.2) is 4.79 Å². The number of nitrogens with one attached hydrogen (secondary N) is 1. The van der Waals surface area contributed by atoms with Gasteiger partial charge in [0, 0.05) is 23.8 Å². The fourth-order valence-electron chi connectivity index (χ4n) is 4.35. The van der Waals surface area contributed by atoms with Crippen molar-refractivity contribution in [1.82, 2.24) is 14.9 Å². The van der Waals surface area contributed by atoms with Gasteiger partial charge in [0.25, 0.3) is 0 Å². The zero-order valence-corrected chi connectivity index (χ0v) is 19.1. The highest BCUT2D eigenvalue weighted by atomic mass is 32.1. The summed E-state index contributed by atoms with van der Waals surface area (Å²) in [5.74, 6) is -0.273. The number of carbonyl (C=O) groups excluding carboxylic acids is 1. The van der Waals surface area contributed by atoms with Crippen LogP contribution in [0, 0.1) is 0 Å². The molecule has 1 aliphatic rings. The number of nitrogens with zero attached hydrogens (tertiary/aromatic N) is 3. The number of thiocarbonyl (C=S) groups is 1. The van der Waals surface area contributed by atoms with E-state index in [-0.39, 0.29) is 17.8 Å². The third-order valence-electron chi connectivity index (χ3n) is 5.87. The predicted molar refractivity (Wildman–Crippen MR) is 133 cm³/mol. The number of ether oxygens (including phenoxy) is 1. The monoisotopic (exact) mass is 470 g/mol. The summed E-state index contributed by atoms with van der Waals surface area (Å²) in [6.07, 6.45) is 3.68. The lowest BCUT2D eigenvalue weighted by Crippen LogP contribution is -2.30. The van der Waals surface area contributed by atoms with Crippen LogP contribution in [0.3, 0.4) is 0 Å². The van der Waals surface area contributed by atoms with Gasteiger partial charge in [-0.05, 0) is 66.8 Å². The second-order valence-corrected chi connectivity index (χ2v) is 8.22. The van der Waals surface area contributed by atoms with Gasteiger partial charge in [-0.1, -0.05) is 24.3 Å². The Morgan fingerprint density at radius 1 is 1.06 bits per heavy atom. The zero-order valence-electron chi connectivity index (χ0n) is 18.3. The summed E-state index contributed by atoms with van der Waals surface area (Å²) in [7, 11) is 1.36. The number of hydrogen-bond acceptors (Lipinski definition) is 5. The minimum absolute atomic E-state index is 0.129. The van der Waals surface area contributed by atoms with Gasteiger partial charge in [0.15, 0.2) is 5.11 Å². The molecule has 0 amide bonds. The highest BCUT2D eigenvalue weighted by Gasteiger charge is 2.43. The largest absolute Gasteiger partial charge is 0.506 e. The number of phenols is 1. The summed E-state index contributed by atoms with van der Waals surface area (Å²) in [6.45, 7) is 0. The van der Waals surface area contributed by atoms with Crippen LogP contribution >= 0.6 is 12.2 Å². The Balaban J connectivity index is 1.67. The Kier molecular flexibility index (Phi) is 5.73. The quantitative estimate of drug-likeness (QED) is 0.327. The number of methoxy groups -OCH3 is 1. The molecule has 0 spiro atoms. The second-order valence-electron chi connectivity index (χ2n) is 7.83. The number of esters is 1. The van der Waals surface area contributed by atoms with Gasteiger partial charge in [0.05, 0.1) is 30.1 Å².